The highest BCUT2D eigenvalue weighted by Gasteiger charge is 2.25. The van der Waals surface area contributed by atoms with Crippen LogP contribution in [0, 0.1) is 0 Å². The summed E-state index contributed by atoms with van der Waals surface area (Å²) >= 11 is 0. The van der Waals surface area contributed by atoms with Crippen LogP contribution < -0.4 is 5.32 Å². The molecule has 2 atom stereocenters. The fourth-order valence-electron chi connectivity index (χ4n) is 3.00. The second-order valence-corrected chi connectivity index (χ2v) is 5.79. The van der Waals surface area contributed by atoms with E-state index in [0.717, 1.165) is 32.5 Å². The lowest BCUT2D eigenvalue weighted by molar-refractivity contribution is 0.107. The summed E-state index contributed by atoms with van der Waals surface area (Å²) in [5, 5.41) is 8.24. The molecular formula is C15H28N4. The van der Waals surface area contributed by atoms with Crippen molar-refractivity contribution in [2.24, 2.45) is 0 Å². The van der Waals surface area contributed by atoms with Crippen molar-refractivity contribution in [3.05, 3.63) is 18.0 Å². The minimum Gasteiger partial charge on any atom is -0.314 e. The monoisotopic (exact) mass is 264 g/mol. The Balaban J connectivity index is 2.02. The molecular weight excluding hydrogens is 236 g/mol. The summed E-state index contributed by atoms with van der Waals surface area (Å²) in [4.78, 5) is 2.55. The molecule has 0 saturated carbocycles. The van der Waals surface area contributed by atoms with Crippen LogP contribution in [0.3, 0.4) is 0 Å². The lowest BCUT2D eigenvalue weighted by Gasteiger charge is -2.38. The van der Waals surface area contributed by atoms with Crippen molar-refractivity contribution in [1.29, 1.82) is 0 Å². The highest BCUT2D eigenvalue weighted by Crippen LogP contribution is 2.17. The highest BCUT2D eigenvalue weighted by atomic mass is 15.3. The van der Waals surface area contributed by atoms with Crippen LogP contribution >= 0.6 is 0 Å². The van der Waals surface area contributed by atoms with Crippen LogP contribution in [0.15, 0.2) is 12.3 Å². The number of nitrogens with zero attached hydrogens (tertiary/aromatic N) is 3. The Morgan fingerprint density at radius 2 is 1.89 bits per heavy atom. The van der Waals surface area contributed by atoms with Crippen LogP contribution in [0.4, 0.5) is 0 Å². The Hall–Kier alpha value is -0.870. The molecule has 1 aliphatic heterocycles. The van der Waals surface area contributed by atoms with Gasteiger partial charge in [-0.1, -0.05) is 13.8 Å². The summed E-state index contributed by atoms with van der Waals surface area (Å²) in [5.74, 6) is 0. The van der Waals surface area contributed by atoms with Gasteiger partial charge in [-0.25, -0.2) is 0 Å². The van der Waals surface area contributed by atoms with Gasteiger partial charge in [-0.15, -0.1) is 0 Å². The van der Waals surface area contributed by atoms with E-state index in [2.05, 4.69) is 54.9 Å². The van der Waals surface area contributed by atoms with Gasteiger partial charge in [0.2, 0.25) is 0 Å². The van der Waals surface area contributed by atoms with E-state index in [4.69, 9.17) is 5.10 Å². The highest BCUT2D eigenvalue weighted by molar-refractivity contribution is 5.01. The molecule has 0 aliphatic carbocycles. The van der Waals surface area contributed by atoms with Gasteiger partial charge in [0.15, 0.2) is 0 Å². The van der Waals surface area contributed by atoms with Crippen LogP contribution in [0.5, 0.6) is 0 Å². The Labute approximate surface area is 117 Å². The van der Waals surface area contributed by atoms with Gasteiger partial charge in [-0.2, -0.15) is 5.10 Å². The first-order valence-corrected chi connectivity index (χ1v) is 7.66. The van der Waals surface area contributed by atoms with Crippen molar-refractivity contribution < 1.29 is 0 Å². The topological polar surface area (TPSA) is 33.1 Å². The summed E-state index contributed by atoms with van der Waals surface area (Å²) in [6.45, 7) is 12.2. The zero-order valence-corrected chi connectivity index (χ0v) is 12.8. The fraction of sp³-hybridized carbons (Fsp3) is 0.800. The lowest BCUT2D eigenvalue weighted by Crippen LogP contribution is -2.54. The number of nitrogens with one attached hydrogen (secondary N) is 1. The molecule has 0 bridgehead atoms. The minimum atomic E-state index is 0.548. The first-order valence-electron chi connectivity index (χ1n) is 7.66. The van der Waals surface area contributed by atoms with Crippen LogP contribution in [0.1, 0.15) is 52.3 Å². The molecule has 2 heterocycles. The third-order valence-electron chi connectivity index (χ3n) is 4.34. The number of piperazine rings is 1. The van der Waals surface area contributed by atoms with Crippen molar-refractivity contribution in [1.82, 2.24) is 20.0 Å². The molecule has 2 unspecified atom stereocenters. The van der Waals surface area contributed by atoms with Gasteiger partial charge < -0.3 is 5.32 Å². The van der Waals surface area contributed by atoms with Gasteiger partial charge in [-0.3, -0.25) is 9.58 Å². The molecule has 4 nitrogen and oxygen atoms in total. The summed E-state index contributed by atoms with van der Waals surface area (Å²) in [7, 11) is 0. The van der Waals surface area contributed by atoms with Crippen molar-refractivity contribution in [3.63, 3.8) is 0 Å². The molecule has 2 rings (SSSR count). The number of hydrogen-bond acceptors (Lipinski definition) is 3. The van der Waals surface area contributed by atoms with E-state index in [1.807, 2.05) is 0 Å². The average molecular weight is 264 g/mol. The van der Waals surface area contributed by atoms with E-state index < -0.39 is 0 Å². The van der Waals surface area contributed by atoms with E-state index in [9.17, 15) is 0 Å². The number of hydrogen-bond donors (Lipinski definition) is 1. The fourth-order valence-corrected chi connectivity index (χ4v) is 3.00. The minimum absolute atomic E-state index is 0.548. The molecule has 0 aromatic carbocycles. The Morgan fingerprint density at radius 1 is 1.26 bits per heavy atom. The van der Waals surface area contributed by atoms with Crippen molar-refractivity contribution in [2.45, 2.75) is 65.2 Å². The number of aromatic nitrogens is 2. The van der Waals surface area contributed by atoms with Gasteiger partial charge in [0.05, 0.1) is 11.7 Å². The van der Waals surface area contributed by atoms with Gasteiger partial charge in [0, 0.05) is 37.9 Å². The smallest absolute Gasteiger partial charge is 0.0765 e. The maximum Gasteiger partial charge on any atom is 0.0765 e. The molecule has 0 spiro atoms. The third kappa shape index (κ3) is 3.37. The Morgan fingerprint density at radius 3 is 2.47 bits per heavy atom. The molecule has 1 aromatic heterocycles. The lowest BCUT2D eigenvalue weighted by atomic mass is 10.1. The molecule has 0 amide bonds. The van der Waals surface area contributed by atoms with Crippen LogP contribution in [0.2, 0.25) is 0 Å². The number of rotatable bonds is 5. The van der Waals surface area contributed by atoms with Gasteiger partial charge in [-0.05, 0) is 32.8 Å². The first-order chi connectivity index (χ1) is 9.15. The predicted molar refractivity (Wildman–Crippen MR) is 79.2 cm³/mol. The van der Waals surface area contributed by atoms with Crippen molar-refractivity contribution >= 4 is 0 Å². The average Bonchev–Trinajstić information content (AvgIpc) is 2.84. The van der Waals surface area contributed by atoms with Gasteiger partial charge in [0.1, 0.15) is 0 Å². The standard InChI is InChI=1S/C15H28N4/c1-5-15(6-2)19-8-7-14(17-19)11-18-12(3)9-16-10-13(18)4/h7-8,12-13,15-16H,5-6,9-11H2,1-4H3. The molecule has 1 fully saturated rings. The molecule has 4 heteroatoms. The predicted octanol–water partition coefficient (Wildman–Crippen LogP) is 2.43. The van der Waals surface area contributed by atoms with E-state index >= 15 is 0 Å². The van der Waals surface area contributed by atoms with E-state index in [1.54, 1.807) is 0 Å². The van der Waals surface area contributed by atoms with E-state index in [1.165, 1.54) is 5.69 Å². The second kappa shape index (κ2) is 6.53. The SMILES string of the molecule is CCC(CC)n1ccc(CN2C(C)CNCC2C)n1. The van der Waals surface area contributed by atoms with Crippen molar-refractivity contribution in [2.75, 3.05) is 13.1 Å². The molecule has 1 aliphatic rings. The third-order valence-corrected chi connectivity index (χ3v) is 4.34. The van der Waals surface area contributed by atoms with Crippen molar-refractivity contribution in [3.8, 4) is 0 Å². The maximum atomic E-state index is 4.77. The molecule has 1 saturated heterocycles. The van der Waals surface area contributed by atoms with Crippen LogP contribution in [0.25, 0.3) is 0 Å². The first kappa shape index (κ1) is 14.5. The zero-order chi connectivity index (χ0) is 13.8. The largest absolute Gasteiger partial charge is 0.314 e. The maximum absolute atomic E-state index is 4.77. The van der Waals surface area contributed by atoms with Gasteiger partial charge in [0.25, 0.3) is 0 Å². The summed E-state index contributed by atoms with van der Waals surface area (Å²) in [5.41, 5.74) is 1.20. The summed E-state index contributed by atoms with van der Waals surface area (Å²) in [6, 6.07) is 3.90. The summed E-state index contributed by atoms with van der Waals surface area (Å²) < 4.78 is 2.15. The molecule has 1 aromatic rings. The molecule has 0 radical (unpaired) electrons. The Bertz CT molecular complexity index is 373. The zero-order valence-electron chi connectivity index (χ0n) is 12.8. The molecule has 19 heavy (non-hydrogen) atoms. The normalized spacial score (nSPS) is 25.1. The molecule has 1 N–H and O–H groups in total. The summed E-state index contributed by atoms with van der Waals surface area (Å²) in [6.07, 6.45) is 4.45. The van der Waals surface area contributed by atoms with Gasteiger partial charge >= 0.3 is 0 Å². The van der Waals surface area contributed by atoms with E-state index in [0.29, 0.717) is 18.1 Å². The van der Waals surface area contributed by atoms with Crippen LogP contribution in [-0.2, 0) is 6.54 Å². The van der Waals surface area contributed by atoms with E-state index in [-0.39, 0.29) is 0 Å². The molecule has 108 valence electrons. The Kier molecular flexibility index (Phi) is 4.99. The van der Waals surface area contributed by atoms with Crippen LogP contribution in [-0.4, -0.2) is 39.9 Å². The quantitative estimate of drug-likeness (QED) is 0.886. The second-order valence-electron chi connectivity index (χ2n) is 5.79.